The lowest BCUT2D eigenvalue weighted by molar-refractivity contribution is -0.0578. The molecule has 188 valence electrons. The molecule has 1 aliphatic carbocycles. The second kappa shape index (κ2) is 10.8. The molecule has 1 saturated heterocycles. The summed E-state index contributed by atoms with van der Waals surface area (Å²) in [6.07, 6.45) is 12.9. The van der Waals surface area contributed by atoms with Gasteiger partial charge in [-0.1, -0.05) is 66.7 Å². The molecular formula is C33H34N2O2. The van der Waals surface area contributed by atoms with Crippen molar-refractivity contribution in [3.63, 3.8) is 0 Å². The normalized spacial score (nSPS) is 19.1. The minimum Gasteiger partial charge on any atom is -0.398 e. The first-order valence-electron chi connectivity index (χ1n) is 13.4. The lowest BCUT2D eigenvalue weighted by Gasteiger charge is -2.27. The van der Waals surface area contributed by atoms with Crippen LogP contribution in [0.4, 0.5) is 11.4 Å². The van der Waals surface area contributed by atoms with Gasteiger partial charge < -0.3 is 20.1 Å². The fourth-order valence-electron chi connectivity index (χ4n) is 5.83. The quantitative estimate of drug-likeness (QED) is 0.248. The number of hydrogen-bond acceptors (Lipinski definition) is 4. The maximum Gasteiger partial charge on any atom is 0.158 e. The molecule has 0 aromatic heterocycles. The Morgan fingerprint density at radius 2 is 1.57 bits per heavy atom. The summed E-state index contributed by atoms with van der Waals surface area (Å²) >= 11 is 0. The topological polar surface area (TPSA) is 47.7 Å². The summed E-state index contributed by atoms with van der Waals surface area (Å²) in [5.74, 6) is 0.637. The van der Waals surface area contributed by atoms with Gasteiger partial charge in [0.2, 0.25) is 0 Å². The summed E-state index contributed by atoms with van der Waals surface area (Å²) in [5, 5.41) is 5.10. The molecule has 1 fully saturated rings. The van der Waals surface area contributed by atoms with Crippen LogP contribution in [0.1, 0.15) is 24.0 Å². The van der Waals surface area contributed by atoms with E-state index in [0.29, 0.717) is 5.92 Å². The third-order valence-corrected chi connectivity index (χ3v) is 7.74. The lowest BCUT2D eigenvalue weighted by Crippen LogP contribution is -2.21. The summed E-state index contributed by atoms with van der Waals surface area (Å²) in [5.41, 5.74) is 11.3. The third kappa shape index (κ3) is 5.13. The van der Waals surface area contributed by atoms with Crippen molar-refractivity contribution in [3.05, 3.63) is 108 Å². The Morgan fingerprint density at radius 1 is 0.784 bits per heavy atom. The van der Waals surface area contributed by atoms with Crippen molar-refractivity contribution in [2.24, 2.45) is 5.92 Å². The number of nitrogen functional groups attached to an aromatic ring is 1. The Hall–Kier alpha value is -3.60. The van der Waals surface area contributed by atoms with E-state index in [9.17, 15) is 0 Å². The maximum absolute atomic E-state index is 6.17. The van der Waals surface area contributed by atoms with E-state index in [2.05, 4.69) is 83.9 Å². The largest absolute Gasteiger partial charge is 0.398 e. The molecule has 1 atom stereocenters. The van der Waals surface area contributed by atoms with Crippen molar-refractivity contribution in [2.75, 3.05) is 30.4 Å². The van der Waals surface area contributed by atoms with Gasteiger partial charge in [0.25, 0.3) is 0 Å². The van der Waals surface area contributed by atoms with Crippen LogP contribution in [0.15, 0.2) is 97.2 Å². The molecule has 4 heteroatoms. The maximum atomic E-state index is 6.17. The highest BCUT2D eigenvalue weighted by atomic mass is 16.7. The fraction of sp³-hybridized carbons (Fsp3) is 0.273. The van der Waals surface area contributed by atoms with Crippen molar-refractivity contribution < 1.29 is 9.47 Å². The van der Waals surface area contributed by atoms with E-state index >= 15 is 0 Å². The number of ether oxygens (including phenoxy) is 2. The Labute approximate surface area is 219 Å². The van der Waals surface area contributed by atoms with Gasteiger partial charge in [-0.05, 0) is 76.7 Å². The zero-order valence-corrected chi connectivity index (χ0v) is 21.2. The highest BCUT2D eigenvalue weighted by Crippen LogP contribution is 2.37. The third-order valence-electron chi connectivity index (χ3n) is 7.74. The second-order valence-corrected chi connectivity index (χ2v) is 10.1. The van der Waals surface area contributed by atoms with Crippen LogP contribution in [0.5, 0.6) is 0 Å². The van der Waals surface area contributed by atoms with E-state index in [1.165, 1.54) is 39.4 Å². The van der Waals surface area contributed by atoms with Crippen molar-refractivity contribution in [2.45, 2.75) is 32.0 Å². The molecule has 4 nitrogen and oxygen atoms in total. The van der Waals surface area contributed by atoms with E-state index in [1.807, 2.05) is 18.2 Å². The SMILES string of the molecule is C1=CCN(c2ccccc2)C=C1.Nc1cccc2c1ccc1c3c(ccc12)CCC(CC1OCCO1)C3. The standard InChI is InChI=1S/C22H23NO2.C11H11N/c23-21-3-1-2-16-17-7-6-15-5-4-14(13-22-24-10-11-25-22)12-20(15)18(17)8-9-19(16)21;1-3-7-11(8-4-1)12-9-5-2-6-10-12/h1-3,6-9,14,22H,4-5,10-13,23H2;1-9H,10H2. The number of nitrogens with two attached hydrogens (primary N) is 1. The summed E-state index contributed by atoms with van der Waals surface area (Å²) in [4.78, 5) is 2.21. The zero-order chi connectivity index (χ0) is 25.0. The zero-order valence-electron chi connectivity index (χ0n) is 21.2. The number of aryl methyl sites for hydroxylation is 1. The number of nitrogens with zero attached hydrogens (tertiary/aromatic N) is 1. The van der Waals surface area contributed by atoms with Crippen LogP contribution in [0.2, 0.25) is 0 Å². The van der Waals surface area contributed by atoms with Crippen LogP contribution in [-0.2, 0) is 22.3 Å². The Kier molecular flexibility index (Phi) is 6.94. The monoisotopic (exact) mass is 490 g/mol. The second-order valence-electron chi connectivity index (χ2n) is 10.1. The molecule has 0 spiro atoms. The predicted molar refractivity (Wildman–Crippen MR) is 154 cm³/mol. The minimum atomic E-state index is 0.00200. The van der Waals surface area contributed by atoms with Crippen LogP contribution in [-0.4, -0.2) is 26.0 Å². The molecule has 2 heterocycles. The number of hydrogen-bond donors (Lipinski definition) is 1. The molecule has 2 aliphatic heterocycles. The van der Waals surface area contributed by atoms with Gasteiger partial charge in [0, 0.05) is 35.9 Å². The van der Waals surface area contributed by atoms with Crippen LogP contribution < -0.4 is 10.6 Å². The molecule has 4 aromatic rings. The van der Waals surface area contributed by atoms with E-state index in [-0.39, 0.29) is 6.29 Å². The van der Waals surface area contributed by atoms with Gasteiger partial charge in [0.1, 0.15) is 0 Å². The van der Waals surface area contributed by atoms with Gasteiger partial charge in [0.15, 0.2) is 6.29 Å². The predicted octanol–water partition coefficient (Wildman–Crippen LogP) is 7.02. The number of benzene rings is 4. The summed E-state index contributed by atoms with van der Waals surface area (Å²) in [6.45, 7) is 2.45. The molecule has 37 heavy (non-hydrogen) atoms. The highest BCUT2D eigenvalue weighted by molar-refractivity contribution is 6.12. The Morgan fingerprint density at radius 3 is 2.38 bits per heavy atom. The molecule has 2 N–H and O–H groups in total. The van der Waals surface area contributed by atoms with Crippen molar-refractivity contribution in [3.8, 4) is 0 Å². The average Bonchev–Trinajstić information content (AvgIpc) is 3.47. The molecule has 0 amide bonds. The fourth-order valence-corrected chi connectivity index (χ4v) is 5.83. The number of para-hydroxylation sites is 1. The summed E-state index contributed by atoms with van der Waals surface area (Å²) in [6, 6.07) is 25.6. The van der Waals surface area contributed by atoms with Gasteiger partial charge in [-0.2, -0.15) is 0 Å². The smallest absolute Gasteiger partial charge is 0.158 e. The van der Waals surface area contributed by atoms with Crippen LogP contribution in [0.3, 0.4) is 0 Å². The van der Waals surface area contributed by atoms with Crippen LogP contribution >= 0.6 is 0 Å². The summed E-state index contributed by atoms with van der Waals surface area (Å²) in [7, 11) is 0. The number of fused-ring (bicyclic) bond motifs is 5. The molecule has 7 rings (SSSR count). The van der Waals surface area contributed by atoms with E-state index in [4.69, 9.17) is 15.2 Å². The van der Waals surface area contributed by atoms with E-state index < -0.39 is 0 Å². The number of rotatable bonds is 3. The molecule has 1 unspecified atom stereocenters. The first-order valence-corrected chi connectivity index (χ1v) is 13.4. The van der Waals surface area contributed by atoms with Gasteiger partial charge in [-0.25, -0.2) is 0 Å². The highest BCUT2D eigenvalue weighted by Gasteiger charge is 2.26. The van der Waals surface area contributed by atoms with Gasteiger partial charge in [0.05, 0.1) is 13.2 Å². The van der Waals surface area contributed by atoms with Gasteiger partial charge >= 0.3 is 0 Å². The first kappa shape index (κ1) is 23.8. The van der Waals surface area contributed by atoms with Crippen LogP contribution in [0, 0.1) is 5.92 Å². The van der Waals surface area contributed by atoms with Crippen LogP contribution in [0.25, 0.3) is 21.5 Å². The average molecular weight is 491 g/mol. The Balaban J connectivity index is 0.000000176. The molecule has 3 aliphatic rings. The van der Waals surface area contributed by atoms with Crippen molar-refractivity contribution in [1.82, 2.24) is 0 Å². The molecule has 0 bridgehead atoms. The van der Waals surface area contributed by atoms with E-state index in [0.717, 1.165) is 50.1 Å². The summed E-state index contributed by atoms with van der Waals surface area (Å²) < 4.78 is 11.3. The molecule has 4 aromatic carbocycles. The Bertz CT molecular complexity index is 1440. The molecule has 0 saturated carbocycles. The minimum absolute atomic E-state index is 0.00200. The van der Waals surface area contributed by atoms with Gasteiger partial charge in [-0.3, -0.25) is 0 Å². The van der Waals surface area contributed by atoms with Gasteiger partial charge in [-0.15, -0.1) is 0 Å². The van der Waals surface area contributed by atoms with Crippen molar-refractivity contribution in [1.29, 1.82) is 0 Å². The lowest BCUT2D eigenvalue weighted by atomic mass is 9.79. The number of allylic oxidation sites excluding steroid dienone is 2. The number of anilines is 2. The first-order chi connectivity index (χ1) is 18.3. The molecular weight excluding hydrogens is 456 g/mol. The van der Waals surface area contributed by atoms with E-state index in [1.54, 1.807) is 0 Å². The van der Waals surface area contributed by atoms with Crippen molar-refractivity contribution >= 4 is 32.9 Å². The molecule has 0 radical (unpaired) electrons.